The van der Waals surface area contributed by atoms with Crippen molar-refractivity contribution in [1.82, 2.24) is 0 Å². The highest BCUT2D eigenvalue weighted by atomic mass is 14.2. The Morgan fingerprint density at radius 1 is 1.56 bits per heavy atom. The van der Waals surface area contributed by atoms with Crippen molar-refractivity contribution in [3.8, 4) is 6.07 Å². The minimum atomic E-state index is 0.738. The SMILES string of the molecule is C=C1C=CC(C#N)=CC1. The van der Waals surface area contributed by atoms with Gasteiger partial charge >= 0.3 is 0 Å². The van der Waals surface area contributed by atoms with Crippen LogP contribution < -0.4 is 0 Å². The summed E-state index contributed by atoms with van der Waals surface area (Å²) in [6.07, 6.45) is 6.35. The lowest BCUT2D eigenvalue weighted by molar-refractivity contribution is 1.25. The van der Waals surface area contributed by atoms with E-state index in [9.17, 15) is 0 Å². The molecule has 0 aromatic rings. The van der Waals surface area contributed by atoms with Crippen LogP contribution in [0, 0.1) is 11.3 Å². The number of allylic oxidation sites excluding steroid dienone is 5. The van der Waals surface area contributed by atoms with Crippen molar-refractivity contribution in [2.24, 2.45) is 0 Å². The molecule has 0 aromatic heterocycles. The van der Waals surface area contributed by atoms with Crippen LogP contribution in [0.2, 0.25) is 0 Å². The molecule has 1 nitrogen and oxygen atoms in total. The maximum Gasteiger partial charge on any atom is 0.0988 e. The summed E-state index contributed by atoms with van der Waals surface area (Å²) in [7, 11) is 0. The van der Waals surface area contributed by atoms with Gasteiger partial charge in [0.2, 0.25) is 0 Å². The Kier molecular flexibility index (Phi) is 1.51. The summed E-state index contributed by atoms with van der Waals surface area (Å²) >= 11 is 0. The lowest BCUT2D eigenvalue weighted by Crippen LogP contribution is -1.82. The van der Waals surface area contributed by atoms with E-state index in [1.54, 1.807) is 6.08 Å². The topological polar surface area (TPSA) is 23.8 Å². The first-order valence-corrected chi connectivity index (χ1v) is 2.79. The van der Waals surface area contributed by atoms with Gasteiger partial charge in [0.05, 0.1) is 6.07 Å². The molecule has 0 atom stereocenters. The van der Waals surface area contributed by atoms with E-state index in [-0.39, 0.29) is 0 Å². The number of nitrogens with zero attached hydrogens (tertiary/aromatic N) is 1. The maximum atomic E-state index is 8.38. The van der Waals surface area contributed by atoms with Crippen molar-refractivity contribution in [2.45, 2.75) is 6.42 Å². The lowest BCUT2D eigenvalue weighted by atomic mass is 10.1. The van der Waals surface area contributed by atoms with Gasteiger partial charge in [-0.25, -0.2) is 0 Å². The number of hydrogen-bond acceptors (Lipinski definition) is 1. The molecule has 1 rings (SSSR count). The highest BCUT2D eigenvalue weighted by Gasteiger charge is 1.95. The summed E-state index contributed by atoms with van der Waals surface area (Å²) in [6, 6.07) is 2.06. The molecule has 0 unspecified atom stereocenters. The molecule has 0 heterocycles. The van der Waals surface area contributed by atoms with Crippen LogP contribution in [0.3, 0.4) is 0 Å². The summed E-state index contributed by atoms with van der Waals surface area (Å²) in [6.45, 7) is 3.74. The molecule has 0 spiro atoms. The zero-order chi connectivity index (χ0) is 6.69. The molecule has 1 aliphatic rings. The fourth-order valence-electron chi connectivity index (χ4n) is 0.668. The maximum absolute atomic E-state index is 8.38. The summed E-state index contributed by atoms with van der Waals surface area (Å²) < 4.78 is 0. The summed E-state index contributed by atoms with van der Waals surface area (Å²) in [5, 5.41) is 8.38. The smallest absolute Gasteiger partial charge is 0.0988 e. The van der Waals surface area contributed by atoms with E-state index in [0.717, 1.165) is 17.6 Å². The Bertz CT molecular complexity index is 225. The highest BCUT2D eigenvalue weighted by molar-refractivity contribution is 5.41. The number of rotatable bonds is 0. The van der Waals surface area contributed by atoms with E-state index in [0.29, 0.717) is 0 Å². The van der Waals surface area contributed by atoms with Crippen LogP contribution in [0.1, 0.15) is 6.42 Å². The van der Waals surface area contributed by atoms with Crippen LogP contribution in [0.15, 0.2) is 36.0 Å². The van der Waals surface area contributed by atoms with Crippen LogP contribution in [-0.4, -0.2) is 0 Å². The molecular formula is C8H7N. The van der Waals surface area contributed by atoms with E-state index in [4.69, 9.17) is 5.26 Å². The minimum Gasteiger partial charge on any atom is -0.192 e. The van der Waals surface area contributed by atoms with Crippen molar-refractivity contribution in [1.29, 1.82) is 5.26 Å². The average molecular weight is 117 g/mol. The van der Waals surface area contributed by atoms with Crippen LogP contribution in [-0.2, 0) is 0 Å². The van der Waals surface area contributed by atoms with E-state index in [2.05, 4.69) is 12.6 Å². The van der Waals surface area contributed by atoms with Gasteiger partial charge in [-0.2, -0.15) is 5.26 Å². The largest absolute Gasteiger partial charge is 0.192 e. The Morgan fingerprint density at radius 3 is 2.78 bits per heavy atom. The molecule has 0 aromatic carbocycles. The monoisotopic (exact) mass is 117 g/mol. The third-order valence-electron chi connectivity index (χ3n) is 1.21. The molecule has 0 radical (unpaired) electrons. The average Bonchev–Trinajstić information content (AvgIpc) is 1.90. The Hall–Kier alpha value is -1.29. The van der Waals surface area contributed by atoms with Crippen molar-refractivity contribution >= 4 is 0 Å². The first kappa shape index (κ1) is 5.84. The zero-order valence-electron chi connectivity index (χ0n) is 5.09. The van der Waals surface area contributed by atoms with Crippen molar-refractivity contribution in [3.63, 3.8) is 0 Å². The first-order valence-electron chi connectivity index (χ1n) is 2.79. The van der Waals surface area contributed by atoms with Gasteiger partial charge in [0, 0.05) is 5.57 Å². The number of hydrogen-bond donors (Lipinski definition) is 0. The van der Waals surface area contributed by atoms with E-state index in [1.165, 1.54) is 0 Å². The summed E-state index contributed by atoms with van der Waals surface area (Å²) in [5.74, 6) is 0. The fourth-order valence-corrected chi connectivity index (χ4v) is 0.668. The molecule has 1 aliphatic carbocycles. The predicted octanol–water partition coefficient (Wildman–Crippen LogP) is 1.95. The zero-order valence-corrected chi connectivity index (χ0v) is 5.09. The summed E-state index contributed by atoms with van der Waals surface area (Å²) in [5.41, 5.74) is 1.80. The first-order chi connectivity index (χ1) is 4.33. The predicted molar refractivity (Wildman–Crippen MR) is 36.6 cm³/mol. The Balaban J connectivity index is 2.77. The fraction of sp³-hybridized carbons (Fsp3) is 0.125. The second-order valence-corrected chi connectivity index (χ2v) is 1.97. The highest BCUT2D eigenvalue weighted by Crippen LogP contribution is 2.11. The molecule has 0 fully saturated rings. The lowest BCUT2D eigenvalue weighted by Gasteiger charge is -1.99. The van der Waals surface area contributed by atoms with Gasteiger partial charge in [-0.1, -0.05) is 24.3 Å². The molecule has 0 aliphatic heterocycles. The van der Waals surface area contributed by atoms with Gasteiger partial charge in [0.25, 0.3) is 0 Å². The molecule has 0 amide bonds. The van der Waals surface area contributed by atoms with Crippen molar-refractivity contribution in [2.75, 3.05) is 0 Å². The van der Waals surface area contributed by atoms with Gasteiger partial charge in [-0.05, 0) is 12.5 Å². The Morgan fingerprint density at radius 2 is 2.33 bits per heavy atom. The third kappa shape index (κ3) is 1.30. The molecule has 0 bridgehead atoms. The molecule has 0 saturated carbocycles. The standard InChI is InChI=1S/C8H7N/c1-7-2-4-8(6-9)5-3-7/h2,4-5H,1,3H2. The third-order valence-corrected chi connectivity index (χ3v) is 1.21. The normalized spacial score (nSPS) is 16.8. The second-order valence-electron chi connectivity index (χ2n) is 1.97. The molecule has 0 saturated heterocycles. The quantitative estimate of drug-likeness (QED) is 0.475. The van der Waals surface area contributed by atoms with Gasteiger partial charge in [-0.3, -0.25) is 0 Å². The van der Waals surface area contributed by atoms with Crippen LogP contribution in [0.4, 0.5) is 0 Å². The second kappa shape index (κ2) is 2.32. The molecule has 44 valence electrons. The van der Waals surface area contributed by atoms with E-state index in [1.807, 2.05) is 12.2 Å². The van der Waals surface area contributed by atoms with Gasteiger partial charge in [-0.15, -0.1) is 0 Å². The summed E-state index contributed by atoms with van der Waals surface area (Å²) in [4.78, 5) is 0. The Labute approximate surface area is 54.6 Å². The van der Waals surface area contributed by atoms with Crippen molar-refractivity contribution < 1.29 is 0 Å². The van der Waals surface area contributed by atoms with Gasteiger partial charge < -0.3 is 0 Å². The van der Waals surface area contributed by atoms with Crippen LogP contribution in [0.5, 0.6) is 0 Å². The molecule has 1 heteroatoms. The van der Waals surface area contributed by atoms with Gasteiger partial charge in [0.15, 0.2) is 0 Å². The van der Waals surface area contributed by atoms with E-state index >= 15 is 0 Å². The number of nitriles is 1. The minimum absolute atomic E-state index is 0.738. The molecule has 0 N–H and O–H groups in total. The van der Waals surface area contributed by atoms with Crippen LogP contribution in [0.25, 0.3) is 0 Å². The van der Waals surface area contributed by atoms with Crippen LogP contribution >= 0.6 is 0 Å². The van der Waals surface area contributed by atoms with Crippen molar-refractivity contribution in [3.05, 3.63) is 36.0 Å². The van der Waals surface area contributed by atoms with E-state index < -0.39 is 0 Å². The molecule has 9 heavy (non-hydrogen) atoms. The van der Waals surface area contributed by atoms with Gasteiger partial charge in [0.1, 0.15) is 0 Å². The molecular weight excluding hydrogens is 110 g/mol.